The standard InChI is InChI=1S/C13H12N4O2S/c1-8-12(16-9(2)20-8)7-15-11-3-4-13(17(18)19)10(5-11)6-14/h3-5,15H,7H2,1-2H3. The number of nitro groups is 1. The van der Waals surface area contributed by atoms with Gasteiger partial charge in [-0.25, -0.2) is 4.98 Å². The number of anilines is 1. The average Bonchev–Trinajstić information content (AvgIpc) is 2.74. The molecule has 1 aromatic carbocycles. The van der Waals surface area contributed by atoms with E-state index < -0.39 is 4.92 Å². The van der Waals surface area contributed by atoms with Crippen molar-refractivity contribution in [1.82, 2.24) is 4.98 Å². The summed E-state index contributed by atoms with van der Waals surface area (Å²) in [6, 6.07) is 6.24. The van der Waals surface area contributed by atoms with Crippen molar-refractivity contribution in [2.75, 3.05) is 5.32 Å². The average molecular weight is 288 g/mol. The normalized spacial score (nSPS) is 10.1. The van der Waals surface area contributed by atoms with Crippen LogP contribution in [0.2, 0.25) is 0 Å². The smallest absolute Gasteiger partial charge is 0.287 e. The molecule has 0 aliphatic heterocycles. The van der Waals surface area contributed by atoms with Gasteiger partial charge in [0.2, 0.25) is 0 Å². The molecule has 0 saturated heterocycles. The number of nitriles is 1. The first-order chi connectivity index (χ1) is 9.51. The summed E-state index contributed by atoms with van der Waals surface area (Å²) in [5.74, 6) is 0. The third kappa shape index (κ3) is 2.92. The lowest BCUT2D eigenvalue weighted by molar-refractivity contribution is -0.385. The Morgan fingerprint density at radius 2 is 2.25 bits per heavy atom. The third-order valence-electron chi connectivity index (χ3n) is 2.77. The molecule has 1 aromatic heterocycles. The van der Waals surface area contributed by atoms with E-state index in [4.69, 9.17) is 5.26 Å². The molecular formula is C13H12N4O2S. The van der Waals surface area contributed by atoms with E-state index in [1.54, 1.807) is 17.4 Å². The Kier molecular flexibility index (Phi) is 3.96. The van der Waals surface area contributed by atoms with E-state index in [0.717, 1.165) is 15.6 Å². The van der Waals surface area contributed by atoms with E-state index in [1.807, 2.05) is 19.9 Å². The second-order valence-corrected chi connectivity index (χ2v) is 5.60. The number of benzene rings is 1. The van der Waals surface area contributed by atoms with Gasteiger partial charge in [0, 0.05) is 16.6 Å². The minimum Gasteiger partial charge on any atom is -0.379 e. The Morgan fingerprint density at radius 3 is 2.80 bits per heavy atom. The van der Waals surface area contributed by atoms with E-state index in [0.29, 0.717) is 12.2 Å². The van der Waals surface area contributed by atoms with Crippen LogP contribution in [0.15, 0.2) is 18.2 Å². The van der Waals surface area contributed by atoms with Crippen LogP contribution in [0.5, 0.6) is 0 Å². The molecule has 0 radical (unpaired) electrons. The molecule has 0 fully saturated rings. The van der Waals surface area contributed by atoms with Gasteiger partial charge in [0.25, 0.3) is 5.69 Å². The van der Waals surface area contributed by atoms with E-state index in [-0.39, 0.29) is 11.3 Å². The number of thiazole rings is 1. The first-order valence-electron chi connectivity index (χ1n) is 5.86. The van der Waals surface area contributed by atoms with Crippen LogP contribution in [-0.4, -0.2) is 9.91 Å². The van der Waals surface area contributed by atoms with Crippen LogP contribution in [0, 0.1) is 35.3 Å². The predicted molar refractivity (Wildman–Crippen MR) is 76.7 cm³/mol. The summed E-state index contributed by atoms with van der Waals surface area (Å²) in [5.41, 5.74) is 1.48. The Morgan fingerprint density at radius 1 is 1.50 bits per heavy atom. The fourth-order valence-electron chi connectivity index (χ4n) is 1.82. The fourth-order valence-corrected chi connectivity index (χ4v) is 2.65. The number of nitro benzene ring substituents is 1. The summed E-state index contributed by atoms with van der Waals surface area (Å²) in [6.07, 6.45) is 0. The van der Waals surface area contributed by atoms with E-state index in [2.05, 4.69) is 10.3 Å². The summed E-state index contributed by atoms with van der Waals surface area (Å²) >= 11 is 1.63. The highest BCUT2D eigenvalue weighted by atomic mass is 32.1. The Hall–Kier alpha value is -2.46. The molecule has 2 rings (SSSR count). The van der Waals surface area contributed by atoms with Gasteiger partial charge >= 0.3 is 0 Å². The van der Waals surface area contributed by atoms with Gasteiger partial charge in [-0.1, -0.05) is 0 Å². The first kappa shape index (κ1) is 14.0. The van der Waals surface area contributed by atoms with Crippen molar-refractivity contribution in [2.24, 2.45) is 0 Å². The zero-order valence-electron chi connectivity index (χ0n) is 11.0. The summed E-state index contributed by atoms with van der Waals surface area (Å²) in [7, 11) is 0. The van der Waals surface area contributed by atoms with Gasteiger partial charge in [-0.05, 0) is 26.0 Å². The SMILES string of the molecule is Cc1nc(CNc2ccc([N+](=O)[O-])c(C#N)c2)c(C)s1. The molecule has 0 aliphatic rings. The van der Waals surface area contributed by atoms with Gasteiger partial charge in [0.05, 0.1) is 22.2 Å². The van der Waals surface area contributed by atoms with Gasteiger partial charge in [-0.2, -0.15) is 5.26 Å². The lowest BCUT2D eigenvalue weighted by Crippen LogP contribution is -2.02. The van der Waals surface area contributed by atoms with Gasteiger partial charge < -0.3 is 5.32 Å². The lowest BCUT2D eigenvalue weighted by atomic mass is 10.1. The van der Waals surface area contributed by atoms with Crippen molar-refractivity contribution in [1.29, 1.82) is 5.26 Å². The number of nitrogens with zero attached hydrogens (tertiary/aromatic N) is 3. The second kappa shape index (κ2) is 5.67. The maximum Gasteiger partial charge on any atom is 0.287 e. The number of nitrogens with one attached hydrogen (secondary N) is 1. The van der Waals surface area contributed by atoms with Crippen molar-refractivity contribution in [3.8, 4) is 6.07 Å². The second-order valence-electron chi connectivity index (χ2n) is 4.19. The van der Waals surface area contributed by atoms with Crippen LogP contribution in [0.25, 0.3) is 0 Å². The third-order valence-corrected chi connectivity index (χ3v) is 3.70. The number of aromatic nitrogens is 1. The Balaban J connectivity index is 2.17. The molecule has 0 spiro atoms. The summed E-state index contributed by atoms with van der Waals surface area (Å²) in [5, 5.41) is 23.8. The minimum absolute atomic E-state index is 0.0474. The zero-order valence-corrected chi connectivity index (χ0v) is 11.8. The van der Waals surface area contributed by atoms with Crippen molar-refractivity contribution < 1.29 is 4.92 Å². The lowest BCUT2D eigenvalue weighted by Gasteiger charge is -2.05. The summed E-state index contributed by atoms with van der Waals surface area (Å²) in [4.78, 5) is 15.7. The molecule has 0 atom stereocenters. The Bertz CT molecular complexity index is 703. The summed E-state index contributed by atoms with van der Waals surface area (Å²) in [6.45, 7) is 4.47. The molecular weight excluding hydrogens is 276 g/mol. The highest BCUT2D eigenvalue weighted by Crippen LogP contribution is 2.23. The molecule has 0 saturated carbocycles. The zero-order chi connectivity index (χ0) is 14.7. The maximum atomic E-state index is 10.7. The quantitative estimate of drug-likeness (QED) is 0.689. The molecule has 0 amide bonds. The molecule has 0 aliphatic carbocycles. The van der Waals surface area contributed by atoms with Crippen LogP contribution in [0.4, 0.5) is 11.4 Å². The molecule has 6 nitrogen and oxygen atoms in total. The minimum atomic E-state index is -0.559. The largest absolute Gasteiger partial charge is 0.379 e. The molecule has 0 bridgehead atoms. The highest BCUT2D eigenvalue weighted by Gasteiger charge is 2.13. The van der Waals surface area contributed by atoms with E-state index >= 15 is 0 Å². The monoisotopic (exact) mass is 288 g/mol. The molecule has 1 N–H and O–H groups in total. The van der Waals surface area contributed by atoms with E-state index in [9.17, 15) is 10.1 Å². The van der Waals surface area contributed by atoms with Crippen molar-refractivity contribution in [3.05, 3.63) is 49.5 Å². The maximum absolute atomic E-state index is 10.7. The number of aryl methyl sites for hydroxylation is 2. The first-order valence-corrected chi connectivity index (χ1v) is 6.68. The molecule has 2 aromatic rings. The molecule has 0 unspecified atom stereocenters. The number of hydrogen-bond donors (Lipinski definition) is 1. The van der Waals surface area contributed by atoms with Crippen molar-refractivity contribution in [3.63, 3.8) is 0 Å². The predicted octanol–water partition coefficient (Wildman–Crippen LogP) is 3.15. The molecule has 1 heterocycles. The van der Waals surface area contributed by atoms with Crippen molar-refractivity contribution >= 4 is 22.7 Å². The van der Waals surface area contributed by atoms with Crippen molar-refractivity contribution in [2.45, 2.75) is 20.4 Å². The van der Waals surface area contributed by atoms with Gasteiger partial charge in [-0.3, -0.25) is 10.1 Å². The highest BCUT2D eigenvalue weighted by molar-refractivity contribution is 7.11. The van der Waals surface area contributed by atoms with E-state index in [1.165, 1.54) is 12.1 Å². The van der Waals surface area contributed by atoms with Crippen LogP contribution >= 0.6 is 11.3 Å². The van der Waals surface area contributed by atoms with Gasteiger partial charge in [0.1, 0.15) is 11.6 Å². The van der Waals surface area contributed by atoms with Crippen LogP contribution in [0.1, 0.15) is 21.1 Å². The van der Waals surface area contributed by atoms with Crippen LogP contribution in [0.3, 0.4) is 0 Å². The van der Waals surface area contributed by atoms with Crippen LogP contribution in [-0.2, 0) is 6.54 Å². The van der Waals surface area contributed by atoms with Gasteiger partial charge in [-0.15, -0.1) is 11.3 Å². The molecule has 102 valence electrons. The topological polar surface area (TPSA) is 91.8 Å². The number of rotatable bonds is 4. The van der Waals surface area contributed by atoms with Gasteiger partial charge in [0.15, 0.2) is 0 Å². The molecule has 20 heavy (non-hydrogen) atoms. The number of hydrogen-bond acceptors (Lipinski definition) is 6. The Labute approximate surface area is 119 Å². The van der Waals surface area contributed by atoms with Crippen LogP contribution < -0.4 is 5.32 Å². The summed E-state index contributed by atoms with van der Waals surface area (Å²) < 4.78 is 0. The fraction of sp³-hybridized carbons (Fsp3) is 0.231. The molecule has 7 heteroatoms.